The van der Waals surface area contributed by atoms with Gasteiger partial charge in [0, 0.05) is 17.6 Å². The van der Waals surface area contributed by atoms with Crippen LogP contribution in [-0.2, 0) is 23.1 Å². The molecular weight excluding hydrogens is 348 g/mol. The van der Waals surface area contributed by atoms with Gasteiger partial charge in [0.15, 0.2) is 0 Å². The lowest BCUT2D eigenvalue weighted by Gasteiger charge is -2.05. The van der Waals surface area contributed by atoms with E-state index in [2.05, 4.69) is 20.7 Å². The first-order valence-corrected chi connectivity index (χ1v) is 8.68. The Morgan fingerprint density at radius 1 is 1.26 bits per heavy atom. The molecule has 0 atom stereocenters. The summed E-state index contributed by atoms with van der Waals surface area (Å²) in [5.41, 5.74) is 7.20. The zero-order chi connectivity index (χ0) is 13.9. The van der Waals surface area contributed by atoms with E-state index < -0.39 is 10.0 Å². The van der Waals surface area contributed by atoms with Crippen LogP contribution in [-0.4, -0.2) is 8.42 Å². The Kier molecular flexibility index (Phi) is 4.75. The van der Waals surface area contributed by atoms with Gasteiger partial charge < -0.3 is 5.73 Å². The molecule has 3 N–H and O–H groups in total. The molecule has 0 fully saturated rings. The van der Waals surface area contributed by atoms with Gasteiger partial charge in [-0.3, -0.25) is 0 Å². The minimum absolute atomic E-state index is 0.262. The van der Waals surface area contributed by atoms with Crippen molar-refractivity contribution in [3.05, 3.63) is 51.3 Å². The van der Waals surface area contributed by atoms with Crippen LogP contribution in [0.3, 0.4) is 0 Å². The van der Waals surface area contributed by atoms with Crippen molar-refractivity contribution >= 4 is 37.3 Å². The maximum Gasteiger partial charge on any atom is 0.250 e. The highest BCUT2D eigenvalue weighted by Gasteiger charge is 2.16. The molecule has 19 heavy (non-hydrogen) atoms. The van der Waals surface area contributed by atoms with E-state index in [0.717, 1.165) is 15.6 Å². The summed E-state index contributed by atoms with van der Waals surface area (Å²) in [5, 5.41) is 1.76. The zero-order valence-electron chi connectivity index (χ0n) is 9.97. The molecule has 0 saturated heterocycles. The van der Waals surface area contributed by atoms with Crippen molar-refractivity contribution in [2.75, 3.05) is 0 Å². The van der Waals surface area contributed by atoms with Crippen LogP contribution >= 0.6 is 27.3 Å². The normalized spacial score (nSPS) is 11.7. The first-order valence-electron chi connectivity index (χ1n) is 5.53. The molecular formula is C12H13BrN2O2S2. The highest BCUT2D eigenvalue weighted by Crippen LogP contribution is 2.20. The Balaban J connectivity index is 2.09. The Bertz CT molecular complexity index is 668. The Morgan fingerprint density at radius 3 is 2.68 bits per heavy atom. The monoisotopic (exact) mass is 360 g/mol. The highest BCUT2D eigenvalue weighted by molar-refractivity contribution is 9.10. The summed E-state index contributed by atoms with van der Waals surface area (Å²) in [4.78, 5) is 0. The molecule has 4 nitrogen and oxygen atoms in total. The maximum atomic E-state index is 12.1. The standard InChI is InChI=1S/C12H13BrN2O2S2/c13-11-3-1-2-9(4-11)7-15-19(16,17)12-5-10(6-14)8-18-12/h1-5,8,15H,6-7,14H2. The van der Waals surface area contributed by atoms with Gasteiger partial charge in [0.1, 0.15) is 4.21 Å². The van der Waals surface area contributed by atoms with E-state index in [1.807, 2.05) is 24.3 Å². The van der Waals surface area contributed by atoms with Gasteiger partial charge in [0.2, 0.25) is 10.0 Å². The first-order chi connectivity index (χ1) is 9.01. The summed E-state index contributed by atoms with van der Waals surface area (Å²) in [6.07, 6.45) is 0. The van der Waals surface area contributed by atoms with Crippen LogP contribution < -0.4 is 10.5 Å². The second kappa shape index (κ2) is 6.15. The van der Waals surface area contributed by atoms with E-state index in [0.29, 0.717) is 10.8 Å². The molecule has 1 heterocycles. The van der Waals surface area contributed by atoms with Gasteiger partial charge in [0.25, 0.3) is 0 Å². The second-order valence-corrected chi connectivity index (χ2v) is 7.75. The number of hydrogen-bond acceptors (Lipinski definition) is 4. The van der Waals surface area contributed by atoms with E-state index >= 15 is 0 Å². The molecule has 7 heteroatoms. The Morgan fingerprint density at radius 2 is 2.05 bits per heavy atom. The van der Waals surface area contributed by atoms with Crippen molar-refractivity contribution in [1.29, 1.82) is 0 Å². The molecule has 0 aliphatic rings. The average molecular weight is 361 g/mol. The minimum Gasteiger partial charge on any atom is -0.326 e. The van der Waals surface area contributed by atoms with Crippen molar-refractivity contribution in [2.45, 2.75) is 17.3 Å². The number of rotatable bonds is 5. The van der Waals surface area contributed by atoms with Crippen LogP contribution in [0.15, 0.2) is 44.4 Å². The second-order valence-electron chi connectivity index (χ2n) is 3.93. The third kappa shape index (κ3) is 3.87. The van der Waals surface area contributed by atoms with Gasteiger partial charge in [-0.15, -0.1) is 11.3 Å². The molecule has 2 rings (SSSR count). The highest BCUT2D eigenvalue weighted by atomic mass is 79.9. The zero-order valence-corrected chi connectivity index (χ0v) is 13.2. The predicted molar refractivity (Wildman–Crippen MR) is 80.4 cm³/mol. The summed E-state index contributed by atoms with van der Waals surface area (Å²) in [6.45, 7) is 0.606. The van der Waals surface area contributed by atoms with Gasteiger partial charge in [-0.2, -0.15) is 0 Å². The third-order valence-corrected chi connectivity index (χ3v) is 5.87. The van der Waals surface area contributed by atoms with Crippen molar-refractivity contribution in [3.63, 3.8) is 0 Å². The molecule has 1 aromatic heterocycles. The number of nitrogens with two attached hydrogens (primary N) is 1. The fraction of sp³-hybridized carbons (Fsp3) is 0.167. The molecule has 0 spiro atoms. The van der Waals surface area contributed by atoms with E-state index in [4.69, 9.17) is 5.73 Å². The largest absolute Gasteiger partial charge is 0.326 e. The number of sulfonamides is 1. The summed E-state index contributed by atoms with van der Waals surface area (Å²) in [6, 6.07) is 9.11. The predicted octanol–water partition coefficient (Wildman–Crippen LogP) is 2.45. The Hall–Kier alpha value is -0.730. The fourth-order valence-corrected chi connectivity index (χ4v) is 4.23. The molecule has 0 aliphatic carbocycles. The van der Waals surface area contributed by atoms with Crippen LogP contribution in [0.2, 0.25) is 0 Å². The van der Waals surface area contributed by atoms with E-state index in [9.17, 15) is 8.42 Å². The molecule has 0 amide bonds. The summed E-state index contributed by atoms with van der Waals surface area (Å²) in [7, 11) is -3.46. The smallest absolute Gasteiger partial charge is 0.250 e. The molecule has 2 aromatic rings. The fourth-order valence-electron chi connectivity index (χ4n) is 1.50. The first kappa shape index (κ1) is 14.7. The van der Waals surface area contributed by atoms with Crippen LogP contribution in [0.1, 0.15) is 11.1 Å². The summed E-state index contributed by atoms with van der Waals surface area (Å²) >= 11 is 4.53. The van der Waals surface area contributed by atoms with Gasteiger partial charge >= 0.3 is 0 Å². The lowest BCUT2D eigenvalue weighted by Crippen LogP contribution is -2.22. The number of nitrogens with one attached hydrogen (secondary N) is 1. The number of benzene rings is 1. The van der Waals surface area contributed by atoms with E-state index in [-0.39, 0.29) is 6.54 Å². The quantitative estimate of drug-likeness (QED) is 0.859. The van der Waals surface area contributed by atoms with Gasteiger partial charge in [-0.05, 0) is 34.7 Å². The molecule has 0 bridgehead atoms. The van der Waals surface area contributed by atoms with Crippen molar-refractivity contribution < 1.29 is 8.42 Å². The van der Waals surface area contributed by atoms with Crippen molar-refractivity contribution in [3.8, 4) is 0 Å². The van der Waals surface area contributed by atoms with Crippen LogP contribution in [0.5, 0.6) is 0 Å². The average Bonchev–Trinajstić information content (AvgIpc) is 2.86. The molecule has 0 unspecified atom stereocenters. The number of thiophene rings is 1. The lowest BCUT2D eigenvalue weighted by atomic mass is 10.2. The maximum absolute atomic E-state index is 12.1. The van der Waals surface area contributed by atoms with Gasteiger partial charge in [-0.1, -0.05) is 28.1 Å². The van der Waals surface area contributed by atoms with Crippen molar-refractivity contribution in [1.82, 2.24) is 4.72 Å². The molecule has 0 aliphatic heterocycles. The SMILES string of the molecule is NCc1csc(S(=O)(=O)NCc2cccc(Br)c2)c1. The van der Waals surface area contributed by atoms with Crippen LogP contribution in [0.25, 0.3) is 0 Å². The van der Waals surface area contributed by atoms with E-state index in [1.54, 1.807) is 11.4 Å². The Labute approximate surface area is 124 Å². The number of hydrogen-bond donors (Lipinski definition) is 2. The molecule has 0 saturated carbocycles. The summed E-state index contributed by atoms with van der Waals surface area (Å²) in [5.74, 6) is 0. The van der Waals surface area contributed by atoms with Crippen molar-refractivity contribution in [2.24, 2.45) is 5.73 Å². The number of halogens is 1. The molecule has 0 radical (unpaired) electrons. The van der Waals surface area contributed by atoms with Crippen LogP contribution in [0.4, 0.5) is 0 Å². The van der Waals surface area contributed by atoms with E-state index in [1.165, 1.54) is 11.3 Å². The third-order valence-electron chi connectivity index (χ3n) is 2.49. The topological polar surface area (TPSA) is 72.2 Å². The molecule has 1 aromatic carbocycles. The minimum atomic E-state index is -3.46. The van der Waals surface area contributed by atoms with Gasteiger partial charge in [0.05, 0.1) is 0 Å². The lowest BCUT2D eigenvalue weighted by molar-refractivity contribution is 0.583. The van der Waals surface area contributed by atoms with Gasteiger partial charge in [-0.25, -0.2) is 13.1 Å². The molecule has 102 valence electrons. The van der Waals surface area contributed by atoms with Crippen LogP contribution in [0, 0.1) is 0 Å². The summed E-state index contributed by atoms with van der Waals surface area (Å²) < 4.78 is 27.9.